The summed E-state index contributed by atoms with van der Waals surface area (Å²) in [6.07, 6.45) is 0.843. The first-order valence-electron chi connectivity index (χ1n) is 16.9. The van der Waals surface area contributed by atoms with E-state index in [2.05, 4.69) is 22.0 Å². The molecule has 0 spiro atoms. The van der Waals surface area contributed by atoms with Crippen LogP contribution in [0.15, 0.2) is 54.6 Å². The fraction of sp³-hybridized carbons (Fsp3) is 0.389. The first kappa shape index (κ1) is 38.3. The van der Waals surface area contributed by atoms with Gasteiger partial charge < -0.3 is 0 Å². The SMILES string of the molecule is CC1CCCC(C)N1S(=O)(=O)NCc1c(C(=O)NN2CCCCC2)nn(-c2ccc(Cl)cc2Cl)c1-c1ccc(C#Cc2ccc(C(F)(F)F)cc2)s1. The third-order valence-corrected chi connectivity index (χ3v) is 12.5. The molecule has 2 saturated heterocycles. The van der Waals surface area contributed by atoms with E-state index in [1.54, 1.807) is 30.3 Å². The lowest BCUT2D eigenvalue weighted by atomic mass is 10.0. The lowest BCUT2D eigenvalue weighted by molar-refractivity contribution is -0.137. The van der Waals surface area contributed by atoms with Gasteiger partial charge in [-0.05, 0) is 94.1 Å². The van der Waals surface area contributed by atoms with Gasteiger partial charge in [0.05, 0.1) is 31.7 Å². The number of rotatable bonds is 8. The molecule has 2 aromatic heterocycles. The van der Waals surface area contributed by atoms with E-state index in [-0.39, 0.29) is 29.3 Å². The number of hydrogen-bond acceptors (Lipinski definition) is 6. The number of carbonyl (C=O) groups excluding carboxylic acids is 1. The number of carbonyl (C=O) groups is 1. The van der Waals surface area contributed by atoms with Crippen molar-refractivity contribution in [2.45, 2.75) is 77.2 Å². The zero-order chi connectivity index (χ0) is 37.2. The molecule has 2 N–H and O–H groups in total. The van der Waals surface area contributed by atoms with Crippen LogP contribution >= 0.6 is 34.5 Å². The standard InChI is InChI=1S/C36H37Cl2F3N6O3S2/c1-23-7-6-8-24(2)47(23)52(49,50)42-22-29-33(35(48)44-45-19-4-3-5-20-45)43-46(31-17-14-27(37)21-30(31)38)34(29)32-18-16-28(51-32)15-11-25-9-12-26(13-10-25)36(39,40)41/h9-10,12-14,16-18,21,23-24,42H,3-8,19-20,22H2,1-2H3,(H,44,48). The molecule has 52 heavy (non-hydrogen) atoms. The smallest absolute Gasteiger partial charge is 0.283 e. The third-order valence-electron chi connectivity index (χ3n) is 9.16. The van der Waals surface area contributed by atoms with Gasteiger partial charge in [-0.1, -0.05) is 47.9 Å². The number of hydrazine groups is 1. The minimum Gasteiger partial charge on any atom is -0.283 e. The highest BCUT2D eigenvalue weighted by Crippen LogP contribution is 2.37. The maximum Gasteiger partial charge on any atom is 0.416 e. The predicted molar refractivity (Wildman–Crippen MR) is 198 cm³/mol. The molecule has 2 aromatic carbocycles. The summed E-state index contributed by atoms with van der Waals surface area (Å²) in [5.41, 5.74) is 3.76. The van der Waals surface area contributed by atoms with Crippen molar-refractivity contribution in [2.75, 3.05) is 13.1 Å². The van der Waals surface area contributed by atoms with Crippen LogP contribution in [0, 0.1) is 11.8 Å². The van der Waals surface area contributed by atoms with E-state index in [0.717, 1.165) is 50.7 Å². The van der Waals surface area contributed by atoms with E-state index in [9.17, 15) is 26.4 Å². The number of benzene rings is 2. The Labute approximate surface area is 315 Å². The van der Waals surface area contributed by atoms with Crippen LogP contribution in [0.4, 0.5) is 13.2 Å². The summed E-state index contributed by atoms with van der Waals surface area (Å²) in [4.78, 5) is 15.2. The summed E-state index contributed by atoms with van der Waals surface area (Å²) in [5, 5.41) is 7.25. The topological polar surface area (TPSA) is 99.6 Å². The molecule has 1 amide bonds. The van der Waals surface area contributed by atoms with Gasteiger partial charge in [0.1, 0.15) is 0 Å². The first-order valence-corrected chi connectivity index (χ1v) is 19.9. The quantitative estimate of drug-likeness (QED) is 0.176. The van der Waals surface area contributed by atoms with Crippen LogP contribution in [0.25, 0.3) is 16.3 Å². The molecule has 0 aliphatic carbocycles. The second-order valence-corrected chi connectivity index (χ2v) is 16.5. The molecule has 2 aliphatic heterocycles. The zero-order valence-corrected chi connectivity index (χ0v) is 31.6. The second-order valence-electron chi connectivity index (χ2n) is 12.9. The van der Waals surface area contributed by atoms with Gasteiger partial charge in [-0.3, -0.25) is 10.2 Å². The number of nitrogens with one attached hydrogen (secondary N) is 2. The second kappa shape index (κ2) is 15.9. The molecule has 2 fully saturated rings. The van der Waals surface area contributed by atoms with Crippen molar-refractivity contribution < 1.29 is 26.4 Å². The molecule has 2 unspecified atom stereocenters. The predicted octanol–water partition coefficient (Wildman–Crippen LogP) is 8.05. The van der Waals surface area contributed by atoms with Gasteiger partial charge in [-0.15, -0.1) is 11.3 Å². The minimum atomic E-state index is -4.45. The van der Waals surface area contributed by atoms with Crippen LogP contribution in [0.3, 0.4) is 0 Å². The van der Waals surface area contributed by atoms with Crippen LogP contribution in [-0.4, -0.2) is 58.6 Å². The fourth-order valence-corrected chi connectivity index (χ4v) is 9.64. The Morgan fingerprint density at radius 2 is 1.65 bits per heavy atom. The van der Waals surface area contributed by atoms with Crippen molar-refractivity contribution in [3.63, 3.8) is 0 Å². The van der Waals surface area contributed by atoms with Crippen LogP contribution in [0.2, 0.25) is 10.0 Å². The summed E-state index contributed by atoms with van der Waals surface area (Å²) in [6, 6.07) is 12.5. The van der Waals surface area contributed by atoms with E-state index in [0.29, 0.717) is 50.4 Å². The summed E-state index contributed by atoms with van der Waals surface area (Å²) in [6.45, 7) is 4.85. The number of halogens is 5. The van der Waals surface area contributed by atoms with E-state index in [1.807, 2.05) is 18.9 Å². The molecule has 16 heteroatoms. The number of alkyl halides is 3. The maximum absolute atomic E-state index is 14.0. The zero-order valence-electron chi connectivity index (χ0n) is 28.4. The molecular weight excluding hydrogens is 756 g/mol. The van der Waals surface area contributed by atoms with Crippen molar-refractivity contribution >= 4 is 50.7 Å². The van der Waals surface area contributed by atoms with Gasteiger partial charge in [0.25, 0.3) is 16.1 Å². The van der Waals surface area contributed by atoms with Crippen molar-refractivity contribution in [3.05, 3.63) is 91.9 Å². The average Bonchev–Trinajstić information content (AvgIpc) is 3.71. The number of hydrogen-bond donors (Lipinski definition) is 2. The summed E-state index contributed by atoms with van der Waals surface area (Å²) in [5.74, 6) is 5.42. The molecule has 0 radical (unpaired) electrons. The van der Waals surface area contributed by atoms with Gasteiger partial charge in [0, 0.05) is 47.9 Å². The monoisotopic (exact) mass is 792 g/mol. The van der Waals surface area contributed by atoms with E-state index >= 15 is 0 Å². The van der Waals surface area contributed by atoms with Crippen molar-refractivity contribution in [1.29, 1.82) is 0 Å². The molecule has 0 saturated carbocycles. The Kier molecular flexibility index (Phi) is 11.7. The highest BCUT2D eigenvalue weighted by molar-refractivity contribution is 7.87. The van der Waals surface area contributed by atoms with E-state index in [4.69, 9.17) is 28.3 Å². The minimum absolute atomic E-state index is 0.0137. The lowest BCUT2D eigenvalue weighted by Crippen LogP contribution is -2.52. The highest BCUT2D eigenvalue weighted by Gasteiger charge is 2.36. The third kappa shape index (κ3) is 8.68. The molecule has 2 atom stereocenters. The van der Waals surface area contributed by atoms with Crippen LogP contribution in [-0.2, 0) is 22.9 Å². The van der Waals surface area contributed by atoms with E-state index in [1.165, 1.54) is 32.5 Å². The van der Waals surface area contributed by atoms with Crippen LogP contribution in [0.5, 0.6) is 0 Å². The highest BCUT2D eigenvalue weighted by atomic mass is 35.5. The Bertz CT molecular complexity index is 2090. The van der Waals surface area contributed by atoms with Crippen LogP contribution in [0.1, 0.15) is 84.4 Å². The molecule has 276 valence electrons. The lowest BCUT2D eigenvalue weighted by Gasteiger charge is -2.37. The summed E-state index contributed by atoms with van der Waals surface area (Å²) in [7, 11) is -3.99. The first-order chi connectivity index (χ1) is 24.7. The molecule has 4 aromatic rings. The van der Waals surface area contributed by atoms with Gasteiger partial charge >= 0.3 is 6.18 Å². The number of thiophene rings is 1. The Morgan fingerprint density at radius 3 is 2.31 bits per heavy atom. The number of nitrogens with zero attached hydrogens (tertiary/aromatic N) is 4. The van der Waals surface area contributed by atoms with Crippen molar-refractivity contribution in [1.82, 2.24) is 29.2 Å². The Morgan fingerprint density at radius 1 is 0.962 bits per heavy atom. The van der Waals surface area contributed by atoms with Crippen molar-refractivity contribution in [2.24, 2.45) is 0 Å². The van der Waals surface area contributed by atoms with Gasteiger partial charge in [-0.25, -0.2) is 9.69 Å². The molecule has 0 bridgehead atoms. The number of amides is 1. The normalized spacial score (nSPS) is 18.9. The van der Waals surface area contributed by atoms with Crippen molar-refractivity contribution in [3.8, 4) is 28.1 Å². The van der Waals surface area contributed by atoms with Crippen LogP contribution < -0.4 is 10.1 Å². The molecule has 6 rings (SSSR count). The Hall–Kier alpha value is -3.42. The maximum atomic E-state index is 14.0. The fourth-order valence-electron chi connectivity index (χ4n) is 6.60. The Balaban J connectivity index is 1.44. The largest absolute Gasteiger partial charge is 0.416 e. The number of piperidine rings is 2. The molecule has 2 aliphatic rings. The van der Waals surface area contributed by atoms with Gasteiger partial charge in [0.15, 0.2) is 5.69 Å². The van der Waals surface area contributed by atoms with Gasteiger partial charge in [-0.2, -0.15) is 35.7 Å². The molecule has 4 heterocycles. The molecular formula is C36H37Cl2F3N6O3S2. The number of aromatic nitrogens is 2. The summed E-state index contributed by atoms with van der Waals surface area (Å²) >= 11 is 14.2. The van der Waals surface area contributed by atoms with Gasteiger partial charge in [0.2, 0.25) is 0 Å². The average molecular weight is 794 g/mol. The van der Waals surface area contributed by atoms with E-state index < -0.39 is 27.9 Å². The summed E-state index contributed by atoms with van der Waals surface area (Å²) < 4.78 is 72.7. The molecule has 9 nitrogen and oxygen atoms in total.